The Bertz CT molecular complexity index is 4720. The Morgan fingerprint density at radius 1 is 0.276 bits per heavy atom. The van der Waals surface area contributed by atoms with Gasteiger partial charge in [0.15, 0.2) is 0 Å². The van der Waals surface area contributed by atoms with E-state index in [1.54, 1.807) is 48.5 Å². The molecule has 4 unspecified atom stereocenters. The van der Waals surface area contributed by atoms with Crippen molar-refractivity contribution in [3.63, 3.8) is 0 Å². The van der Waals surface area contributed by atoms with Gasteiger partial charge in [-0.2, -0.15) is 0 Å². The van der Waals surface area contributed by atoms with E-state index in [0.29, 0.717) is 67.4 Å². The average Bonchev–Trinajstić information content (AvgIpc) is 0.807. The van der Waals surface area contributed by atoms with Crippen LogP contribution in [0.4, 0.5) is 22.7 Å². The van der Waals surface area contributed by atoms with Gasteiger partial charge >= 0.3 is 0 Å². The van der Waals surface area contributed by atoms with Crippen molar-refractivity contribution in [2.24, 2.45) is 47.3 Å². The van der Waals surface area contributed by atoms with Gasteiger partial charge in [0.1, 0.15) is 0 Å². The lowest BCUT2D eigenvalue weighted by Crippen LogP contribution is -2.29. The molecule has 4 fully saturated rings. The molecule has 0 saturated heterocycles. The number of amides is 4. The van der Waals surface area contributed by atoms with E-state index in [9.17, 15) is 19.2 Å². The number of hydrogen-bond acceptors (Lipinski definition) is 8. The first-order valence-corrected chi connectivity index (χ1v) is 46.3. The zero-order chi connectivity index (χ0) is 81.5. The number of nitrogens with zero attached hydrogens (tertiary/aromatic N) is 4. The zero-order valence-corrected chi connectivity index (χ0v) is 77.1. The number of nitrogens with one attached hydrogen (secondary N) is 4. The summed E-state index contributed by atoms with van der Waals surface area (Å²) in [5, 5.41) is 19.9. The normalized spacial score (nSPS) is 20.4. The predicted octanol–water partition coefficient (Wildman–Crippen LogP) is 28.2. The number of carbonyl (C=O) groups excluding carboxylic acids is 4. The molecule has 0 radical (unpaired) electrons. The van der Waals surface area contributed by atoms with Crippen molar-refractivity contribution in [2.75, 3.05) is 21.3 Å². The second kappa shape index (κ2) is 41.6. The van der Waals surface area contributed by atoms with Crippen LogP contribution in [0.15, 0.2) is 219 Å². The minimum atomic E-state index is 0.00163. The monoisotopic (exact) mass is 2070 g/mol. The summed E-state index contributed by atoms with van der Waals surface area (Å²) in [5.74, 6) is 4.26. The van der Waals surface area contributed by atoms with Crippen LogP contribution in [-0.4, -0.2) is 43.6 Å². The third-order valence-electron chi connectivity index (χ3n) is 24.7. The molecule has 12 aromatic rings. The van der Waals surface area contributed by atoms with E-state index in [1.165, 1.54) is 58.1 Å². The summed E-state index contributed by atoms with van der Waals surface area (Å²) in [4.78, 5) is 68.9. The number of halogens is 8. The fourth-order valence-electron chi connectivity index (χ4n) is 17.7. The van der Waals surface area contributed by atoms with E-state index in [0.717, 1.165) is 148 Å². The average molecular weight is 2080 g/mol. The van der Waals surface area contributed by atoms with Gasteiger partial charge in [-0.3, -0.25) is 39.1 Å². The number of rotatable bonds is 16. The summed E-state index contributed by atoms with van der Waals surface area (Å²) in [6, 6.07) is 63.7. The molecule has 8 aromatic carbocycles. The summed E-state index contributed by atoms with van der Waals surface area (Å²) >= 11 is 33.2. The third kappa shape index (κ3) is 23.1. The number of anilines is 4. The highest BCUT2D eigenvalue weighted by atomic mass is 127. The molecule has 4 aromatic heterocycles. The first kappa shape index (κ1) is 87.2. The molecule has 4 atom stereocenters. The topological polar surface area (TPSA) is 168 Å². The Morgan fingerprint density at radius 3 is 0.638 bits per heavy atom. The van der Waals surface area contributed by atoms with Gasteiger partial charge in [-0.15, -0.1) is 0 Å². The van der Waals surface area contributed by atoms with E-state index < -0.39 is 0 Å². The maximum Gasteiger partial charge on any atom is 0.227 e. The van der Waals surface area contributed by atoms with E-state index in [4.69, 9.17) is 46.4 Å². The van der Waals surface area contributed by atoms with Gasteiger partial charge in [-0.25, -0.2) is 0 Å². The lowest BCUT2D eigenvalue weighted by molar-refractivity contribution is -0.122. The number of pyridine rings is 4. The van der Waals surface area contributed by atoms with Crippen LogP contribution in [0.1, 0.15) is 176 Å². The number of benzene rings is 8. The molecule has 4 N–H and O–H groups in total. The molecule has 600 valence electrons. The van der Waals surface area contributed by atoms with Crippen molar-refractivity contribution in [3.8, 4) is 0 Å². The number of fused-ring (bicyclic) bond motifs is 4. The SMILES string of the molecule is CC(C(=O)Nc1ccc(Cl)cc1)C1CCC(c2ccnc3ccc(I)cc23)CC1.CC(C(=O)Nc1ccc(Cl)cc1)C1CCC(c2ccnc3ccc(I)cc23)CC1.CC(C(=O)Nc1ccc(Cl)cc1)C1CCC(c2ccnc3ccc(I)cc23)CC1.CC(C(=O)Nc1ccc(Cl)cc1)C1CCC(c2ccnc3ccc(I)cc23)CC1. The van der Waals surface area contributed by atoms with Crippen molar-refractivity contribution in [1.82, 2.24) is 19.9 Å². The molecule has 0 bridgehead atoms. The van der Waals surface area contributed by atoms with Crippen LogP contribution in [0.3, 0.4) is 0 Å². The highest BCUT2D eigenvalue weighted by molar-refractivity contribution is 14.1. The quantitative estimate of drug-likeness (QED) is 0.0694. The Labute approximate surface area is 756 Å². The Hall–Kier alpha value is -6.64. The van der Waals surface area contributed by atoms with Crippen molar-refractivity contribution < 1.29 is 19.2 Å². The summed E-state index contributed by atoms with van der Waals surface area (Å²) in [5.41, 5.74) is 13.1. The van der Waals surface area contributed by atoms with Crippen LogP contribution in [-0.2, 0) is 19.2 Å². The molecule has 12 nitrogen and oxygen atoms in total. The van der Waals surface area contributed by atoms with Gasteiger partial charge in [0, 0.05) is 127 Å². The van der Waals surface area contributed by atoms with Crippen molar-refractivity contribution >= 4 is 227 Å². The van der Waals surface area contributed by atoms with Crippen LogP contribution in [0, 0.1) is 61.6 Å². The molecular formula is C96H96Cl4I4N8O4. The number of aromatic nitrogens is 4. The van der Waals surface area contributed by atoms with Crippen LogP contribution in [0.2, 0.25) is 20.1 Å². The highest BCUT2D eigenvalue weighted by Gasteiger charge is 2.35. The maximum absolute atomic E-state index is 12.7. The molecule has 20 heteroatoms. The summed E-state index contributed by atoms with van der Waals surface area (Å²) < 4.78 is 4.96. The molecule has 116 heavy (non-hydrogen) atoms. The number of carbonyl (C=O) groups is 4. The van der Waals surface area contributed by atoms with Gasteiger partial charge in [0.05, 0.1) is 22.1 Å². The Morgan fingerprint density at radius 2 is 0.457 bits per heavy atom. The molecule has 16 rings (SSSR count). The fraction of sp³-hybridized carbons (Fsp3) is 0.333. The van der Waals surface area contributed by atoms with Gasteiger partial charge in [-0.1, -0.05) is 74.1 Å². The maximum atomic E-state index is 12.7. The van der Waals surface area contributed by atoms with Crippen LogP contribution in [0.25, 0.3) is 43.6 Å². The van der Waals surface area contributed by atoms with Crippen molar-refractivity contribution in [1.29, 1.82) is 0 Å². The second-order valence-corrected chi connectivity index (χ2v) is 38.6. The Kier molecular flexibility index (Phi) is 31.2. The lowest BCUT2D eigenvalue weighted by Gasteiger charge is -2.32. The minimum Gasteiger partial charge on any atom is -0.326 e. The third-order valence-corrected chi connectivity index (χ3v) is 28.4. The standard InChI is InChI=1S/4C24H24ClIN2O/c4*1-15(24(29)28-20-9-6-18(25)7-10-20)16-2-4-17(5-3-16)21-12-13-27-23-11-8-19(26)14-22(21)23/h4*6-17H,2-5H2,1H3,(H,28,29). The molecule has 4 aliphatic rings. The van der Waals surface area contributed by atoms with Crippen molar-refractivity contribution in [2.45, 2.75) is 154 Å². The van der Waals surface area contributed by atoms with Gasteiger partial charge < -0.3 is 21.3 Å². The second-order valence-electron chi connectivity index (χ2n) is 31.8. The molecule has 0 spiro atoms. The lowest BCUT2D eigenvalue weighted by atomic mass is 9.73. The van der Waals surface area contributed by atoms with Gasteiger partial charge in [-0.05, 0) is 457 Å². The van der Waals surface area contributed by atoms with Crippen LogP contribution in [0.5, 0.6) is 0 Å². The summed E-state index contributed by atoms with van der Waals surface area (Å²) in [6.07, 6.45) is 25.3. The highest BCUT2D eigenvalue weighted by Crippen LogP contribution is 2.46. The van der Waals surface area contributed by atoms with E-state index in [-0.39, 0.29) is 47.3 Å². The zero-order valence-electron chi connectivity index (χ0n) is 65.5. The molecule has 4 heterocycles. The Balaban J connectivity index is 0.000000135. The first-order valence-electron chi connectivity index (χ1n) is 40.5. The van der Waals surface area contributed by atoms with Crippen LogP contribution < -0.4 is 21.3 Å². The predicted molar refractivity (Wildman–Crippen MR) is 514 cm³/mol. The number of hydrogen-bond donors (Lipinski definition) is 4. The van der Waals surface area contributed by atoms with E-state index >= 15 is 0 Å². The van der Waals surface area contributed by atoms with E-state index in [1.807, 2.05) is 73.3 Å². The largest absolute Gasteiger partial charge is 0.326 e. The van der Waals surface area contributed by atoms with E-state index in [2.05, 4.69) is 256 Å². The molecule has 4 aliphatic carbocycles. The summed E-state index contributed by atoms with van der Waals surface area (Å²) in [6.45, 7) is 8.22. The smallest absolute Gasteiger partial charge is 0.227 e. The van der Waals surface area contributed by atoms with Crippen LogP contribution >= 0.6 is 137 Å². The molecule has 0 aliphatic heterocycles. The van der Waals surface area contributed by atoms with Gasteiger partial charge in [0.25, 0.3) is 0 Å². The van der Waals surface area contributed by atoms with Gasteiger partial charge in [0.2, 0.25) is 23.6 Å². The molecular weight excluding hydrogens is 1980 g/mol. The fourth-order valence-corrected chi connectivity index (χ4v) is 20.2. The summed E-state index contributed by atoms with van der Waals surface area (Å²) in [7, 11) is 0. The molecule has 4 saturated carbocycles. The molecule has 4 amide bonds. The van der Waals surface area contributed by atoms with Crippen molar-refractivity contribution in [3.05, 3.63) is 276 Å². The minimum absolute atomic E-state index is 0.00163. The first-order chi connectivity index (χ1) is 56.0.